The van der Waals surface area contributed by atoms with Gasteiger partial charge in [-0.1, -0.05) is 48.5 Å². The number of benzene rings is 2. The third-order valence-corrected chi connectivity index (χ3v) is 3.02. The second kappa shape index (κ2) is 5.93. The van der Waals surface area contributed by atoms with Crippen LogP contribution in [0.4, 0.5) is 5.69 Å². The van der Waals surface area contributed by atoms with Crippen molar-refractivity contribution in [2.45, 2.75) is 0 Å². The van der Waals surface area contributed by atoms with Crippen LogP contribution in [-0.2, 0) is 0 Å². The zero-order valence-corrected chi connectivity index (χ0v) is 11.0. The smallest absolute Gasteiger partial charge is 0.0630 e. The first kappa shape index (κ1) is 12.3. The van der Waals surface area contributed by atoms with Crippen LogP contribution in [0.15, 0.2) is 84.1 Å². The summed E-state index contributed by atoms with van der Waals surface area (Å²) in [5.41, 5.74) is 4.36. The van der Waals surface area contributed by atoms with Crippen molar-refractivity contribution in [2.75, 3.05) is 0 Å². The molecule has 0 aliphatic heterocycles. The summed E-state index contributed by atoms with van der Waals surface area (Å²) in [7, 11) is 0. The molecule has 0 radical (unpaired) electrons. The Balaban J connectivity index is 1.79. The van der Waals surface area contributed by atoms with E-state index >= 15 is 0 Å². The summed E-state index contributed by atoms with van der Waals surface area (Å²) in [5.74, 6) is 0. The monoisotopic (exact) mass is 258 g/mol. The van der Waals surface area contributed by atoms with Gasteiger partial charge in [-0.05, 0) is 29.3 Å². The van der Waals surface area contributed by atoms with Gasteiger partial charge in [-0.3, -0.25) is 9.98 Å². The predicted molar refractivity (Wildman–Crippen MR) is 83.4 cm³/mol. The van der Waals surface area contributed by atoms with E-state index in [2.05, 4.69) is 34.2 Å². The number of hydrogen-bond donors (Lipinski definition) is 0. The molecule has 0 spiro atoms. The molecule has 0 saturated carbocycles. The Morgan fingerprint density at radius 1 is 0.750 bits per heavy atom. The average Bonchev–Trinajstić information content (AvgIpc) is 2.55. The van der Waals surface area contributed by atoms with Crippen molar-refractivity contribution in [1.82, 2.24) is 4.98 Å². The minimum atomic E-state index is 0.938. The maximum absolute atomic E-state index is 4.45. The van der Waals surface area contributed by atoms with E-state index in [1.54, 1.807) is 12.4 Å². The van der Waals surface area contributed by atoms with Gasteiger partial charge in [-0.25, -0.2) is 0 Å². The Bertz CT molecular complexity index is 687. The summed E-state index contributed by atoms with van der Waals surface area (Å²) < 4.78 is 0. The van der Waals surface area contributed by atoms with Gasteiger partial charge < -0.3 is 0 Å². The first-order valence-corrected chi connectivity index (χ1v) is 6.51. The van der Waals surface area contributed by atoms with Crippen LogP contribution in [0.1, 0.15) is 5.56 Å². The first-order chi connectivity index (χ1) is 9.92. The normalized spacial score (nSPS) is 10.8. The molecule has 20 heavy (non-hydrogen) atoms. The second-order valence-corrected chi connectivity index (χ2v) is 4.46. The number of aliphatic imine (C=N–C) groups is 1. The largest absolute Gasteiger partial charge is 0.264 e. The maximum Gasteiger partial charge on any atom is 0.0630 e. The molecule has 96 valence electrons. The predicted octanol–water partition coefficient (Wildman–Crippen LogP) is 4.50. The van der Waals surface area contributed by atoms with E-state index in [9.17, 15) is 0 Å². The lowest BCUT2D eigenvalue weighted by Crippen LogP contribution is -1.81. The van der Waals surface area contributed by atoms with Crippen molar-refractivity contribution in [1.29, 1.82) is 0 Å². The van der Waals surface area contributed by atoms with Gasteiger partial charge in [0.05, 0.1) is 5.69 Å². The van der Waals surface area contributed by atoms with Crippen molar-refractivity contribution >= 4 is 11.9 Å². The SMILES string of the molecule is C(=Nc1ccc(-c2ccccc2)cc1)c1cccnc1. The van der Waals surface area contributed by atoms with Gasteiger partial charge in [0.2, 0.25) is 0 Å². The average molecular weight is 258 g/mol. The van der Waals surface area contributed by atoms with E-state index < -0.39 is 0 Å². The molecule has 0 atom stereocenters. The highest BCUT2D eigenvalue weighted by Crippen LogP contribution is 2.22. The molecular weight excluding hydrogens is 244 g/mol. The second-order valence-electron chi connectivity index (χ2n) is 4.46. The van der Waals surface area contributed by atoms with Crippen molar-refractivity contribution in [3.63, 3.8) is 0 Å². The highest BCUT2D eigenvalue weighted by atomic mass is 14.7. The van der Waals surface area contributed by atoms with Gasteiger partial charge in [-0.15, -0.1) is 0 Å². The molecule has 2 nitrogen and oxygen atoms in total. The van der Waals surface area contributed by atoms with Crippen molar-refractivity contribution in [3.05, 3.63) is 84.7 Å². The fraction of sp³-hybridized carbons (Fsp3) is 0. The Labute approximate surface area is 118 Å². The third kappa shape index (κ3) is 2.98. The molecule has 3 rings (SSSR count). The molecular formula is C18H14N2. The summed E-state index contributed by atoms with van der Waals surface area (Å²) >= 11 is 0. The summed E-state index contributed by atoms with van der Waals surface area (Å²) in [6, 6.07) is 22.4. The Kier molecular flexibility index (Phi) is 3.65. The molecule has 3 aromatic rings. The fourth-order valence-corrected chi connectivity index (χ4v) is 1.97. The van der Waals surface area contributed by atoms with Crippen LogP contribution in [-0.4, -0.2) is 11.2 Å². The van der Waals surface area contributed by atoms with Crippen LogP contribution in [0.25, 0.3) is 11.1 Å². The Hall–Kier alpha value is -2.74. The number of hydrogen-bond acceptors (Lipinski definition) is 2. The van der Waals surface area contributed by atoms with Gasteiger partial charge in [-0.2, -0.15) is 0 Å². The summed E-state index contributed by atoms with van der Waals surface area (Å²) in [6.07, 6.45) is 5.37. The minimum Gasteiger partial charge on any atom is -0.264 e. The minimum absolute atomic E-state index is 0.938. The molecule has 1 heterocycles. The van der Waals surface area contributed by atoms with Gasteiger partial charge in [0.15, 0.2) is 0 Å². The Morgan fingerprint density at radius 3 is 2.20 bits per heavy atom. The first-order valence-electron chi connectivity index (χ1n) is 6.51. The van der Waals surface area contributed by atoms with E-state index in [1.807, 2.05) is 48.7 Å². The fourth-order valence-electron chi connectivity index (χ4n) is 1.97. The molecule has 2 aromatic carbocycles. The number of nitrogens with zero attached hydrogens (tertiary/aromatic N) is 2. The van der Waals surface area contributed by atoms with Crippen LogP contribution >= 0.6 is 0 Å². The maximum atomic E-state index is 4.45. The lowest BCUT2D eigenvalue weighted by molar-refractivity contribution is 1.32. The summed E-state index contributed by atoms with van der Waals surface area (Å²) in [6.45, 7) is 0. The van der Waals surface area contributed by atoms with Crippen LogP contribution < -0.4 is 0 Å². The molecule has 0 saturated heterocycles. The van der Waals surface area contributed by atoms with Crippen LogP contribution in [0.2, 0.25) is 0 Å². The molecule has 0 fully saturated rings. The lowest BCUT2D eigenvalue weighted by atomic mass is 10.1. The molecule has 1 aromatic heterocycles. The van der Waals surface area contributed by atoms with E-state index in [4.69, 9.17) is 0 Å². The zero-order valence-electron chi connectivity index (χ0n) is 11.0. The van der Waals surface area contributed by atoms with Crippen LogP contribution in [0, 0.1) is 0 Å². The van der Waals surface area contributed by atoms with Gasteiger partial charge >= 0.3 is 0 Å². The molecule has 0 unspecified atom stereocenters. The van der Waals surface area contributed by atoms with Crippen LogP contribution in [0.5, 0.6) is 0 Å². The van der Waals surface area contributed by atoms with Crippen molar-refractivity contribution in [2.24, 2.45) is 4.99 Å². The molecule has 0 bridgehead atoms. The highest BCUT2D eigenvalue weighted by Gasteiger charge is 1.96. The third-order valence-electron chi connectivity index (χ3n) is 3.02. The van der Waals surface area contributed by atoms with Gasteiger partial charge in [0, 0.05) is 24.2 Å². The van der Waals surface area contributed by atoms with Gasteiger partial charge in [0.25, 0.3) is 0 Å². The number of pyridine rings is 1. The van der Waals surface area contributed by atoms with E-state index in [-0.39, 0.29) is 0 Å². The molecule has 0 aliphatic carbocycles. The zero-order chi connectivity index (χ0) is 13.6. The summed E-state index contributed by atoms with van der Waals surface area (Å²) in [4.78, 5) is 8.51. The van der Waals surface area contributed by atoms with E-state index in [0.29, 0.717) is 0 Å². The molecule has 0 amide bonds. The molecule has 0 aliphatic rings. The standard InChI is InChI=1S/C18H14N2/c1-2-6-16(7-3-1)17-8-10-18(11-9-17)20-14-15-5-4-12-19-13-15/h1-14H. The van der Waals surface area contributed by atoms with Crippen molar-refractivity contribution in [3.8, 4) is 11.1 Å². The lowest BCUT2D eigenvalue weighted by Gasteiger charge is -2.01. The number of aromatic nitrogens is 1. The van der Waals surface area contributed by atoms with E-state index in [1.165, 1.54) is 11.1 Å². The van der Waals surface area contributed by atoms with Gasteiger partial charge in [0.1, 0.15) is 0 Å². The summed E-state index contributed by atoms with van der Waals surface area (Å²) in [5, 5.41) is 0. The topological polar surface area (TPSA) is 25.2 Å². The molecule has 0 N–H and O–H groups in total. The van der Waals surface area contributed by atoms with Crippen molar-refractivity contribution < 1.29 is 0 Å². The number of rotatable bonds is 3. The quantitative estimate of drug-likeness (QED) is 0.635. The highest BCUT2D eigenvalue weighted by molar-refractivity contribution is 5.81. The van der Waals surface area contributed by atoms with E-state index in [0.717, 1.165) is 11.3 Å². The molecule has 2 heteroatoms. The van der Waals surface area contributed by atoms with Crippen LogP contribution in [0.3, 0.4) is 0 Å². The Morgan fingerprint density at radius 2 is 1.50 bits per heavy atom.